The van der Waals surface area contributed by atoms with Crippen LogP contribution >= 0.6 is 12.4 Å². The highest BCUT2D eigenvalue weighted by atomic mass is 35.5. The van der Waals surface area contributed by atoms with Crippen molar-refractivity contribution in [1.29, 1.82) is 0 Å². The van der Waals surface area contributed by atoms with Crippen LogP contribution in [0.2, 0.25) is 0 Å². The Morgan fingerprint density at radius 2 is 1.87 bits per heavy atom. The van der Waals surface area contributed by atoms with E-state index in [9.17, 15) is 18.0 Å². The standard InChI is InChI=1S/C8H6F3NO2.ClH/c9-8(10,11)5-3-1-2-4(6(5)13)7(12)14;/h1-3,13H,(H2,12,14);1H. The van der Waals surface area contributed by atoms with Crippen LogP contribution in [-0.4, -0.2) is 11.0 Å². The van der Waals surface area contributed by atoms with Crippen LogP contribution in [0.1, 0.15) is 15.9 Å². The van der Waals surface area contributed by atoms with Gasteiger partial charge < -0.3 is 10.8 Å². The first-order valence-corrected chi connectivity index (χ1v) is 3.53. The van der Waals surface area contributed by atoms with E-state index in [1.54, 1.807) is 0 Å². The van der Waals surface area contributed by atoms with Crippen LogP contribution in [-0.2, 0) is 6.18 Å². The van der Waals surface area contributed by atoms with Crippen molar-refractivity contribution in [3.63, 3.8) is 0 Å². The first kappa shape index (κ1) is 13.6. The number of hydrogen-bond donors (Lipinski definition) is 2. The lowest BCUT2D eigenvalue weighted by Gasteiger charge is -2.10. The minimum Gasteiger partial charge on any atom is -0.506 e. The molecule has 0 aromatic heterocycles. The van der Waals surface area contributed by atoms with Crippen molar-refractivity contribution >= 4 is 18.3 Å². The van der Waals surface area contributed by atoms with E-state index < -0.39 is 29.0 Å². The number of rotatable bonds is 1. The summed E-state index contributed by atoms with van der Waals surface area (Å²) >= 11 is 0. The molecule has 1 aromatic carbocycles. The molecule has 0 fully saturated rings. The third-order valence-corrected chi connectivity index (χ3v) is 1.61. The maximum Gasteiger partial charge on any atom is 0.419 e. The summed E-state index contributed by atoms with van der Waals surface area (Å²) in [6.45, 7) is 0. The van der Waals surface area contributed by atoms with E-state index in [0.717, 1.165) is 12.1 Å². The second-order valence-electron chi connectivity index (χ2n) is 2.56. The van der Waals surface area contributed by atoms with Gasteiger partial charge >= 0.3 is 6.18 Å². The predicted octanol–water partition coefficient (Wildman–Crippen LogP) is 1.93. The van der Waals surface area contributed by atoms with Crippen molar-refractivity contribution in [2.75, 3.05) is 0 Å². The molecule has 3 nitrogen and oxygen atoms in total. The molecular formula is C8H7ClF3NO2. The van der Waals surface area contributed by atoms with Gasteiger partial charge in [0, 0.05) is 0 Å². The van der Waals surface area contributed by atoms with E-state index >= 15 is 0 Å². The fourth-order valence-electron chi connectivity index (χ4n) is 0.971. The molecule has 3 N–H and O–H groups in total. The fraction of sp³-hybridized carbons (Fsp3) is 0.125. The highest BCUT2D eigenvalue weighted by Crippen LogP contribution is 2.37. The lowest BCUT2D eigenvalue weighted by molar-refractivity contribution is -0.138. The summed E-state index contributed by atoms with van der Waals surface area (Å²) in [4.78, 5) is 10.6. The predicted molar refractivity (Wildman–Crippen MR) is 48.9 cm³/mol. The molecule has 0 bridgehead atoms. The second kappa shape index (κ2) is 4.39. The van der Waals surface area contributed by atoms with Gasteiger partial charge in [0.15, 0.2) is 0 Å². The van der Waals surface area contributed by atoms with Crippen molar-refractivity contribution in [2.45, 2.75) is 6.18 Å². The summed E-state index contributed by atoms with van der Waals surface area (Å²) in [5, 5.41) is 9.07. The molecule has 0 heterocycles. The third kappa shape index (κ3) is 2.76. The van der Waals surface area contributed by atoms with E-state index in [1.807, 2.05) is 0 Å². The number of para-hydroxylation sites is 1. The van der Waals surface area contributed by atoms with E-state index in [1.165, 1.54) is 0 Å². The molecule has 0 saturated carbocycles. The smallest absolute Gasteiger partial charge is 0.419 e. The highest BCUT2D eigenvalue weighted by Gasteiger charge is 2.35. The number of amides is 1. The molecule has 0 aliphatic rings. The lowest BCUT2D eigenvalue weighted by Crippen LogP contribution is -2.14. The monoisotopic (exact) mass is 241 g/mol. The molecule has 1 amide bonds. The van der Waals surface area contributed by atoms with Crippen molar-refractivity contribution < 1.29 is 23.1 Å². The summed E-state index contributed by atoms with van der Waals surface area (Å²) in [5.41, 5.74) is 2.95. The SMILES string of the molecule is Cl.NC(=O)c1cccc(C(F)(F)F)c1O. The number of phenols is 1. The lowest BCUT2D eigenvalue weighted by atomic mass is 10.1. The molecule has 15 heavy (non-hydrogen) atoms. The maximum atomic E-state index is 12.2. The van der Waals surface area contributed by atoms with Crippen LogP contribution in [0.15, 0.2) is 18.2 Å². The number of halogens is 4. The number of primary amides is 1. The topological polar surface area (TPSA) is 63.3 Å². The normalized spacial score (nSPS) is 10.6. The average Bonchev–Trinajstić information content (AvgIpc) is 2.01. The molecule has 7 heteroatoms. The number of carbonyl (C=O) groups is 1. The van der Waals surface area contributed by atoms with Gasteiger partial charge in [-0.3, -0.25) is 4.79 Å². The van der Waals surface area contributed by atoms with Gasteiger partial charge in [-0.2, -0.15) is 13.2 Å². The minimum atomic E-state index is -4.70. The summed E-state index contributed by atoms with van der Waals surface area (Å²) in [5.74, 6) is -2.24. The van der Waals surface area contributed by atoms with Gasteiger partial charge in [0.25, 0.3) is 5.91 Å². The summed E-state index contributed by atoms with van der Waals surface area (Å²) in [6.07, 6.45) is -4.70. The van der Waals surface area contributed by atoms with Gasteiger partial charge in [0.05, 0.1) is 11.1 Å². The van der Waals surface area contributed by atoms with Gasteiger partial charge in [-0.25, -0.2) is 0 Å². The zero-order chi connectivity index (χ0) is 10.9. The molecule has 0 spiro atoms. The van der Waals surface area contributed by atoms with Gasteiger partial charge in [-0.1, -0.05) is 6.07 Å². The van der Waals surface area contributed by atoms with E-state index in [2.05, 4.69) is 0 Å². The number of carbonyl (C=O) groups excluding carboxylic acids is 1. The van der Waals surface area contributed by atoms with Gasteiger partial charge in [-0.05, 0) is 12.1 Å². The van der Waals surface area contributed by atoms with Crippen molar-refractivity contribution in [1.82, 2.24) is 0 Å². The second-order valence-corrected chi connectivity index (χ2v) is 2.56. The van der Waals surface area contributed by atoms with E-state index in [4.69, 9.17) is 10.8 Å². The minimum absolute atomic E-state index is 0. The zero-order valence-electron chi connectivity index (χ0n) is 7.21. The van der Waals surface area contributed by atoms with Gasteiger partial charge in [0.2, 0.25) is 0 Å². The van der Waals surface area contributed by atoms with Crippen LogP contribution in [0.5, 0.6) is 5.75 Å². The Bertz CT molecular complexity index is 379. The molecule has 0 unspecified atom stereocenters. The summed E-state index contributed by atoms with van der Waals surface area (Å²) in [6, 6.07) is 2.69. The van der Waals surface area contributed by atoms with Gasteiger partial charge in [0.1, 0.15) is 5.75 Å². The Balaban J connectivity index is 0.00000196. The molecule has 0 saturated heterocycles. The van der Waals surface area contributed by atoms with Crippen LogP contribution < -0.4 is 5.73 Å². The number of aromatic hydroxyl groups is 1. The molecule has 0 aliphatic heterocycles. The molecule has 0 aliphatic carbocycles. The average molecular weight is 242 g/mol. The fourth-order valence-corrected chi connectivity index (χ4v) is 0.971. The largest absolute Gasteiger partial charge is 0.506 e. The van der Waals surface area contributed by atoms with Crippen molar-refractivity contribution in [3.05, 3.63) is 29.3 Å². The molecule has 84 valence electrons. The zero-order valence-corrected chi connectivity index (χ0v) is 8.02. The van der Waals surface area contributed by atoms with Crippen LogP contribution in [0, 0.1) is 0 Å². The first-order chi connectivity index (χ1) is 6.34. The van der Waals surface area contributed by atoms with E-state index in [-0.39, 0.29) is 12.4 Å². The molecule has 0 radical (unpaired) electrons. The number of hydrogen-bond acceptors (Lipinski definition) is 2. The Morgan fingerprint density at radius 1 is 1.33 bits per heavy atom. The Labute approximate surface area is 89.1 Å². The van der Waals surface area contributed by atoms with Crippen molar-refractivity contribution in [3.8, 4) is 5.75 Å². The summed E-state index contributed by atoms with van der Waals surface area (Å²) < 4.78 is 36.5. The maximum absolute atomic E-state index is 12.2. The number of alkyl halides is 3. The quantitative estimate of drug-likeness (QED) is 0.789. The Morgan fingerprint density at radius 3 is 2.27 bits per heavy atom. The molecule has 0 atom stereocenters. The molecule has 1 rings (SSSR count). The molecule has 1 aromatic rings. The first-order valence-electron chi connectivity index (χ1n) is 3.53. The third-order valence-electron chi connectivity index (χ3n) is 1.61. The van der Waals surface area contributed by atoms with Crippen molar-refractivity contribution in [2.24, 2.45) is 5.73 Å². The van der Waals surface area contributed by atoms with Crippen LogP contribution in [0.4, 0.5) is 13.2 Å². The Kier molecular flexibility index (Phi) is 3.97. The summed E-state index contributed by atoms with van der Waals surface area (Å²) in [7, 11) is 0. The van der Waals surface area contributed by atoms with Crippen LogP contribution in [0.3, 0.4) is 0 Å². The molecular weight excluding hydrogens is 235 g/mol. The van der Waals surface area contributed by atoms with Crippen LogP contribution in [0.25, 0.3) is 0 Å². The van der Waals surface area contributed by atoms with E-state index in [0.29, 0.717) is 6.07 Å². The number of benzene rings is 1. The number of nitrogens with two attached hydrogens (primary N) is 1. The highest BCUT2D eigenvalue weighted by molar-refractivity contribution is 5.95. The van der Waals surface area contributed by atoms with Gasteiger partial charge in [-0.15, -0.1) is 12.4 Å². The Hall–Kier alpha value is -1.43.